The molecule has 158 valence electrons. The normalized spacial score (nSPS) is 19.1. The van der Waals surface area contributed by atoms with E-state index >= 15 is 0 Å². The third-order valence-electron chi connectivity index (χ3n) is 6.82. The summed E-state index contributed by atoms with van der Waals surface area (Å²) in [5.41, 5.74) is 5.37. The highest BCUT2D eigenvalue weighted by Crippen LogP contribution is 2.30. The predicted octanol–water partition coefficient (Wildman–Crippen LogP) is 4.45. The molecule has 0 aromatic heterocycles. The summed E-state index contributed by atoms with van der Waals surface area (Å²) >= 11 is 0. The summed E-state index contributed by atoms with van der Waals surface area (Å²) in [5, 5.41) is 3.04. The van der Waals surface area contributed by atoms with Gasteiger partial charge >= 0.3 is 0 Å². The molecule has 30 heavy (non-hydrogen) atoms. The lowest BCUT2D eigenvalue weighted by Gasteiger charge is -2.29. The van der Waals surface area contributed by atoms with Crippen molar-refractivity contribution in [2.75, 3.05) is 13.2 Å². The van der Waals surface area contributed by atoms with Crippen LogP contribution in [0.5, 0.6) is 5.75 Å². The van der Waals surface area contributed by atoms with Crippen molar-refractivity contribution >= 4 is 5.91 Å². The van der Waals surface area contributed by atoms with E-state index in [0.29, 0.717) is 6.54 Å². The van der Waals surface area contributed by atoms with Gasteiger partial charge in [-0.05, 0) is 72.4 Å². The molecule has 0 bridgehead atoms. The van der Waals surface area contributed by atoms with Crippen LogP contribution in [0.1, 0.15) is 54.4 Å². The molecule has 0 unspecified atom stereocenters. The Morgan fingerprint density at radius 1 is 1.00 bits per heavy atom. The van der Waals surface area contributed by atoms with Crippen LogP contribution >= 0.6 is 0 Å². The van der Waals surface area contributed by atoms with Gasteiger partial charge in [-0.15, -0.1) is 0 Å². The molecular formula is C26H32N2O2. The van der Waals surface area contributed by atoms with Crippen LogP contribution in [-0.2, 0) is 30.8 Å². The Labute approximate surface area is 179 Å². The highest BCUT2D eigenvalue weighted by atomic mass is 16.5. The monoisotopic (exact) mass is 404 g/mol. The van der Waals surface area contributed by atoms with Crippen molar-refractivity contribution in [1.82, 2.24) is 10.2 Å². The van der Waals surface area contributed by atoms with Gasteiger partial charge in [0.1, 0.15) is 5.75 Å². The first-order chi connectivity index (χ1) is 14.7. The maximum absolute atomic E-state index is 11.8. The number of carbonyl (C=O) groups is 1. The molecule has 3 aliphatic rings. The summed E-state index contributed by atoms with van der Waals surface area (Å²) < 4.78 is 6.02. The van der Waals surface area contributed by atoms with E-state index in [1.54, 1.807) is 0 Å². The van der Waals surface area contributed by atoms with Crippen LogP contribution in [0.4, 0.5) is 0 Å². The topological polar surface area (TPSA) is 41.6 Å². The molecule has 1 aliphatic heterocycles. The van der Waals surface area contributed by atoms with E-state index in [1.807, 2.05) is 0 Å². The Balaban J connectivity index is 1.12. The predicted molar refractivity (Wildman–Crippen MR) is 118 cm³/mol. The zero-order valence-corrected chi connectivity index (χ0v) is 17.7. The van der Waals surface area contributed by atoms with Crippen LogP contribution < -0.4 is 10.1 Å². The first-order valence-corrected chi connectivity index (χ1v) is 11.6. The molecule has 2 aromatic carbocycles. The molecule has 0 atom stereocenters. The zero-order chi connectivity index (χ0) is 20.3. The fourth-order valence-corrected chi connectivity index (χ4v) is 4.39. The summed E-state index contributed by atoms with van der Waals surface area (Å²) in [6, 6.07) is 15.3. The lowest BCUT2D eigenvalue weighted by Crippen LogP contribution is -2.30. The van der Waals surface area contributed by atoms with E-state index in [0.717, 1.165) is 57.2 Å². The number of fused-ring (bicyclic) bond motifs is 1. The minimum Gasteiger partial charge on any atom is -0.493 e. The van der Waals surface area contributed by atoms with Gasteiger partial charge in [0.15, 0.2) is 0 Å². The number of nitrogens with zero attached hydrogens (tertiary/aromatic N) is 1. The minimum absolute atomic E-state index is 0.211. The van der Waals surface area contributed by atoms with Crippen molar-refractivity contribution < 1.29 is 9.53 Å². The van der Waals surface area contributed by atoms with Gasteiger partial charge < -0.3 is 10.1 Å². The van der Waals surface area contributed by atoms with Crippen LogP contribution in [0.25, 0.3) is 0 Å². The molecule has 4 nitrogen and oxygen atoms in total. The molecule has 5 rings (SSSR count). The number of benzene rings is 2. The average Bonchev–Trinajstić information content (AvgIpc) is 3.57. The third kappa shape index (κ3) is 4.86. The first-order valence-electron chi connectivity index (χ1n) is 11.6. The van der Waals surface area contributed by atoms with Crippen molar-refractivity contribution in [2.45, 2.75) is 58.2 Å². The molecule has 1 N–H and O–H groups in total. The Morgan fingerprint density at radius 2 is 1.80 bits per heavy atom. The molecule has 4 heteroatoms. The second-order valence-electron chi connectivity index (χ2n) is 9.31. The van der Waals surface area contributed by atoms with Crippen molar-refractivity contribution in [3.05, 3.63) is 64.7 Å². The molecular weight excluding hydrogens is 372 g/mol. The highest BCUT2D eigenvalue weighted by Gasteiger charge is 2.29. The first kappa shape index (κ1) is 19.6. The molecule has 2 aliphatic carbocycles. The minimum atomic E-state index is 0.211. The number of ether oxygens (including phenoxy) is 1. The zero-order valence-electron chi connectivity index (χ0n) is 17.7. The van der Waals surface area contributed by atoms with Gasteiger partial charge in [0.25, 0.3) is 0 Å². The molecule has 2 aromatic rings. The van der Waals surface area contributed by atoms with E-state index in [1.165, 1.54) is 41.5 Å². The molecule has 1 amide bonds. The van der Waals surface area contributed by atoms with Crippen molar-refractivity contribution in [3.8, 4) is 5.75 Å². The number of nitrogens with one attached hydrogen (secondary N) is 1. The van der Waals surface area contributed by atoms with Crippen LogP contribution in [-0.4, -0.2) is 24.0 Å². The smallest absolute Gasteiger partial charge is 0.223 e. The molecule has 2 fully saturated rings. The van der Waals surface area contributed by atoms with Crippen LogP contribution in [0.15, 0.2) is 42.5 Å². The van der Waals surface area contributed by atoms with Gasteiger partial charge in [-0.3, -0.25) is 9.69 Å². The standard InChI is InChI=1S/C26H32N2O2/c29-26(22-8-9-22)27-15-19-4-6-20(7-5-19)16-28-13-12-23-14-25(11-10-24(23)17-28)30-18-21-2-1-3-21/h4-7,10-11,14,21-22H,1-3,8-9,12-13,15-18H2,(H,27,29). The summed E-state index contributed by atoms with van der Waals surface area (Å²) in [5.74, 6) is 2.30. The molecule has 1 heterocycles. The molecule has 2 saturated carbocycles. The van der Waals surface area contributed by atoms with E-state index < -0.39 is 0 Å². The summed E-state index contributed by atoms with van der Waals surface area (Å²) in [4.78, 5) is 14.3. The number of hydrogen-bond donors (Lipinski definition) is 1. The SMILES string of the molecule is O=C(NCc1ccc(CN2CCc3cc(OCC4CCC4)ccc3C2)cc1)C1CC1. The lowest BCUT2D eigenvalue weighted by molar-refractivity contribution is -0.122. The summed E-state index contributed by atoms with van der Waals surface area (Å²) in [7, 11) is 0. The third-order valence-corrected chi connectivity index (χ3v) is 6.82. The molecule has 0 spiro atoms. The second-order valence-corrected chi connectivity index (χ2v) is 9.31. The largest absolute Gasteiger partial charge is 0.493 e. The Hall–Kier alpha value is -2.33. The maximum Gasteiger partial charge on any atom is 0.223 e. The maximum atomic E-state index is 11.8. The van der Waals surface area contributed by atoms with E-state index in [4.69, 9.17) is 4.74 Å². The average molecular weight is 405 g/mol. The number of hydrogen-bond acceptors (Lipinski definition) is 3. The van der Waals surface area contributed by atoms with Gasteiger partial charge in [0, 0.05) is 32.1 Å². The number of rotatable bonds is 8. The second kappa shape index (κ2) is 8.81. The van der Waals surface area contributed by atoms with Crippen LogP contribution in [0.2, 0.25) is 0 Å². The Bertz CT molecular complexity index is 884. The van der Waals surface area contributed by atoms with E-state index in [9.17, 15) is 4.79 Å². The lowest BCUT2D eigenvalue weighted by atomic mass is 9.86. The van der Waals surface area contributed by atoms with Gasteiger partial charge in [0.05, 0.1) is 6.61 Å². The van der Waals surface area contributed by atoms with Gasteiger partial charge in [0.2, 0.25) is 5.91 Å². The Kier molecular flexibility index (Phi) is 5.76. The number of amides is 1. The summed E-state index contributed by atoms with van der Waals surface area (Å²) in [6.07, 6.45) is 7.22. The van der Waals surface area contributed by atoms with Crippen LogP contribution in [0, 0.1) is 11.8 Å². The van der Waals surface area contributed by atoms with Gasteiger partial charge in [-0.1, -0.05) is 36.8 Å². The quantitative estimate of drug-likeness (QED) is 0.707. The van der Waals surface area contributed by atoms with Crippen molar-refractivity contribution in [1.29, 1.82) is 0 Å². The van der Waals surface area contributed by atoms with E-state index in [2.05, 4.69) is 52.7 Å². The number of carbonyl (C=O) groups excluding carboxylic acids is 1. The van der Waals surface area contributed by atoms with Crippen molar-refractivity contribution in [3.63, 3.8) is 0 Å². The van der Waals surface area contributed by atoms with Gasteiger partial charge in [-0.2, -0.15) is 0 Å². The fraction of sp³-hybridized carbons (Fsp3) is 0.500. The van der Waals surface area contributed by atoms with Crippen LogP contribution in [0.3, 0.4) is 0 Å². The molecule has 0 saturated heterocycles. The van der Waals surface area contributed by atoms with Gasteiger partial charge in [-0.25, -0.2) is 0 Å². The van der Waals surface area contributed by atoms with Crippen molar-refractivity contribution in [2.24, 2.45) is 11.8 Å². The fourth-order valence-electron chi connectivity index (χ4n) is 4.39. The Morgan fingerprint density at radius 3 is 2.53 bits per heavy atom. The van der Waals surface area contributed by atoms with E-state index in [-0.39, 0.29) is 11.8 Å². The molecule has 0 radical (unpaired) electrons. The highest BCUT2D eigenvalue weighted by molar-refractivity contribution is 5.80. The summed E-state index contributed by atoms with van der Waals surface area (Å²) in [6.45, 7) is 4.56.